The van der Waals surface area contributed by atoms with Gasteiger partial charge in [-0.1, -0.05) is 43.5 Å². The summed E-state index contributed by atoms with van der Waals surface area (Å²) in [6.45, 7) is 12.1. The van der Waals surface area contributed by atoms with Crippen LogP contribution in [0.2, 0.25) is 0 Å². The highest BCUT2D eigenvalue weighted by molar-refractivity contribution is 6.13. The number of benzene rings is 2. The van der Waals surface area contributed by atoms with E-state index in [1.165, 1.54) is 19.9 Å². The van der Waals surface area contributed by atoms with Crippen LogP contribution in [0, 0.1) is 13.8 Å². The molecule has 2 aromatic rings. The van der Waals surface area contributed by atoms with E-state index in [1.54, 1.807) is 44.2 Å². The van der Waals surface area contributed by atoms with Crippen molar-refractivity contribution in [2.45, 2.75) is 27.7 Å². The fourth-order valence-electron chi connectivity index (χ4n) is 3.25. The summed E-state index contributed by atoms with van der Waals surface area (Å²) >= 11 is 0. The molecule has 2 aromatic carbocycles. The first-order valence-electron chi connectivity index (χ1n) is 11.7. The highest BCUT2D eigenvalue weighted by atomic mass is 16.6. The number of carbonyl (C=O) groups is 5. The minimum Gasteiger partial charge on any atom is -0.459 e. The number of ketones is 1. The summed E-state index contributed by atoms with van der Waals surface area (Å²) in [5.41, 5.74) is 1.53. The molecule has 0 aliphatic heterocycles. The van der Waals surface area contributed by atoms with Gasteiger partial charge in [-0.3, -0.25) is 4.79 Å². The number of esters is 4. The molecule has 0 amide bonds. The van der Waals surface area contributed by atoms with Gasteiger partial charge in [0.1, 0.15) is 26.4 Å². The summed E-state index contributed by atoms with van der Waals surface area (Å²) in [6, 6.07) is 9.76. The molecule has 0 saturated carbocycles. The van der Waals surface area contributed by atoms with E-state index in [2.05, 4.69) is 13.2 Å². The van der Waals surface area contributed by atoms with E-state index in [-0.39, 0.29) is 60.0 Å². The van der Waals surface area contributed by atoms with E-state index < -0.39 is 23.9 Å². The average Bonchev–Trinajstić information content (AvgIpc) is 2.89. The van der Waals surface area contributed by atoms with Crippen molar-refractivity contribution in [3.05, 3.63) is 94.1 Å². The zero-order chi connectivity index (χ0) is 28.4. The summed E-state index contributed by atoms with van der Waals surface area (Å²) in [4.78, 5) is 62.3. The minimum atomic E-state index is -0.915. The van der Waals surface area contributed by atoms with Crippen LogP contribution in [0.3, 0.4) is 0 Å². The van der Waals surface area contributed by atoms with Crippen LogP contribution in [0.15, 0.2) is 60.7 Å². The van der Waals surface area contributed by atoms with Crippen LogP contribution in [0.4, 0.5) is 0 Å². The van der Waals surface area contributed by atoms with Gasteiger partial charge in [-0.05, 0) is 44.9 Å². The van der Waals surface area contributed by atoms with Gasteiger partial charge in [0, 0.05) is 22.3 Å². The summed E-state index contributed by atoms with van der Waals surface area (Å²) in [5, 5.41) is 0. The van der Waals surface area contributed by atoms with Gasteiger partial charge in [-0.25, -0.2) is 19.2 Å². The van der Waals surface area contributed by atoms with Crippen molar-refractivity contribution in [2.75, 3.05) is 26.4 Å². The monoisotopic (exact) mass is 522 g/mol. The number of hydrogen-bond donors (Lipinski definition) is 0. The Balaban J connectivity index is 2.35. The minimum absolute atomic E-state index is 0.0951. The van der Waals surface area contributed by atoms with Crippen LogP contribution in [-0.4, -0.2) is 56.1 Å². The summed E-state index contributed by atoms with van der Waals surface area (Å²) < 4.78 is 20.3. The lowest BCUT2D eigenvalue weighted by Gasteiger charge is -2.17. The van der Waals surface area contributed by atoms with Gasteiger partial charge < -0.3 is 18.9 Å². The third kappa shape index (κ3) is 7.73. The molecule has 0 radical (unpaired) electrons. The molecule has 0 aliphatic rings. The molecule has 0 aromatic heterocycles. The third-order valence-electron chi connectivity index (χ3n) is 5.40. The topological polar surface area (TPSA) is 122 Å². The fraction of sp³-hybridized carbons (Fsp3) is 0.276. The van der Waals surface area contributed by atoms with Crippen LogP contribution in [0.25, 0.3) is 0 Å². The molecule has 0 saturated heterocycles. The van der Waals surface area contributed by atoms with Crippen molar-refractivity contribution in [1.29, 1.82) is 0 Å². The molecular weight excluding hydrogens is 492 g/mol. The van der Waals surface area contributed by atoms with Gasteiger partial charge in [0.2, 0.25) is 0 Å². The molecule has 0 aliphatic carbocycles. The quantitative estimate of drug-likeness (QED) is 0.133. The molecule has 0 bridgehead atoms. The van der Waals surface area contributed by atoms with Crippen molar-refractivity contribution >= 4 is 29.7 Å². The van der Waals surface area contributed by atoms with E-state index in [4.69, 9.17) is 18.9 Å². The van der Waals surface area contributed by atoms with Crippen molar-refractivity contribution < 1.29 is 42.9 Å². The van der Waals surface area contributed by atoms with E-state index in [9.17, 15) is 24.0 Å². The van der Waals surface area contributed by atoms with Gasteiger partial charge in [0.05, 0.1) is 11.1 Å². The SMILES string of the molecule is C=C(C)C(=O)OCCOC(=O)c1cc(C(=O)c2ccccc2)c(C)c(C)c1C(=O)OCCOC(=O)C(=C)C. The Morgan fingerprint density at radius 3 is 1.63 bits per heavy atom. The highest BCUT2D eigenvalue weighted by Gasteiger charge is 2.27. The maximum Gasteiger partial charge on any atom is 0.339 e. The Morgan fingerprint density at radius 1 is 0.658 bits per heavy atom. The second-order valence-corrected chi connectivity index (χ2v) is 8.40. The second kappa shape index (κ2) is 13.7. The van der Waals surface area contributed by atoms with Gasteiger partial charge in [-0.2, -0.15) is 0 Å². The average molecular weight is 523 g/mol. The lowest BCUT2D eigenvalue weighted by atomic mass is 9.89. The van der Waals surface area contributed by atoms with Crippen molar-refractivity contribution in [3.8, 4) is 0 Å². The lowest BCUT2D eigenvalue weighted by Crippen LogP contribution is -2.22. The largest absolute Gasteiger partial charge is 0.459 e. The zero-order valence-corrected chi connectivity index (χ0v) is 21.9. The normalized spacial score (nSPS) is 10.2. The van der Waals surface area contributed by atoms with E-state index >= 15 is 0 Å². The number of ether oxygens (including phenoxy) is 4. The molecule has 0 unspecified atom stereocenters. The Kier molecular flexibility index (Phi) is 10.7. The zero-order valence-electron chi connectivity index (χ0n) is 21.9. The molecule has 0 fully saturated rings. The lowest BCUT2D eigenvalue weighted by molar-refractivity contribution is -0.140. The summed E-state index contributed by atoms with van der Waals surface area (Å²) in [7, 11) is 0. The number of carbonyl (C=O) groups excluding carboxylic acids is 5. The Labute approximate surface area is 221 Å². The molecule has 0 heterocycles. The van der Waals surface area contributed by atoms with Crippen molar-refractivity contribution in [3.63, 3.8) is 0 Å². The molecule has 200 valence electrons. The van der Waals surface area contributed by atoms with Crippen LogP contribution in [0.1, 0.15) is 61.6 Å². The predicted octanol–water partition coefficient (Wildman–Crippen LogP) is 4.09. The summed E-state index contributed by atoms with van der Waals surface area (Å²) in [6.07, 6.45) is 0. The smallest absolute Gasteiger partial charge is 0.339 e. The molecule has 9 heteroatoms. The first kappa shape index (κ1) is 29.7. The van der Waals surface area contributed by atoms with Gasteiger partial charge in [0.15, 0.2) is 5.78 Å². The van der Waals surface area contributed by atoms with Crippen LogP contribution < -0.4 is 0 Å². The third-order valence-corrected chi connectivity index (χ3v) is 5.40. The van der Waals surface area contributed by atoms with Crippen LogP contribution in [0.5, 0.6) is 0 Å². The standard InChI is InChI=1S/C29H30O9/c1-17(2)26(31)35-12-14-37-28(33)23-16-22(25(30)21-10-8-7-9-11-21)19(5)20(6)24(23)29(34)38-15-13-36-27(32)18(3)4/h7-11,16H,1,3,12-15H2,2,4-6H3. The molecule has 2 rings (SSSR count). The Bertz CT molecular complexity index is 1270. The number of hydrogen-bond acceptors (Lipinski definition) is 9. The van der Waals surface area contributed by atoms with Gasteiger partial charge in [-0.15, -0.1) is 0 Å². The molecule has 0 N–H and O–H groups in total. The predicted molar refractivity (Wildman–Crippen MR) is 138 cm³/mol. The van der Waals surface area contributed by atoms with Crippen LogP contribution >= 0.6 is 0 Å². The van der Waals surface area contributed by atoms with Crippen molar-refractivity contribution in [2.24, 2.45) is 0 Å². The van der Waals surface area contributed by atoms with Crippen LogP contribution in [-0.2, 0) is 28.5 Å². The van der Waals surface area contributed by atoms with Gasteiger partial charge in [0.25, 0.3) is 0 Å². The van der Waals surface area contributed by atoms with E-state index in [0.717, 1.165) is 0 Å². The first-order chi connectivity index (χ1) is 18.0. The molecule has 38 heavy (non-hydrogen) atoms. The molecule has 9 nitrogen and oxygen atoms in total. The van der Waals surface area contributed by atoms with Gasteiger partial charge >= 0.3 is 23.9 Å². The Morgan fingerprint density at radius 2 is 1.13 bits per heavy atom. The molecular formula is C29H30O9. The highest BCUT2D eigenvalue weighted by Crippen LogP contribution is 2.26. The molecule has 0 spiro atoms. The number of rotatable bonds is 12. The second-order valence-electron chi connectivity index (χ2n) is 8.40. The Hall–Kier alpha value is -4.53. The van der Waals surface area contributed by atoms with E-state index in [0.29, 0.717) is 16.7 Å². The maximum atomic E-state index is 13.2. The maximum absolute atomic E-state index is 13.2. The first-order valence-corrected chi connectivity index (χ1v) is 11.7. The summed E-state index contributed by atoms with van der Waals surface area (Å²) in [5.74, 6) is -3.39. The fourth-order valence-corrected chi connectivity index (χ4v) is 3.25. The van der Waals surface area contributed by atoms with E-state index in [1.807, 2.05) is 0 Å². The van der Waals surface area contributed by atoms with Crippen molar-refractivity contribution in [1.82, 2.24) is 0 Å². The molecule has 0 atom stereocenters.